The van der Waals surface area contributed by atoms with Crippen molar-refractivity contribution in [3.63, 3.8) is 0 Å². The van der Waals surface area contributed by atoms with Crippen LogP contribution in [0.15, 0.2) is 24.3 Å². The van der Waals surface area contributed by atoms with Gasteiger partial charge in [-0.3, -0.25) is 4.79 Å². The van der Waals surface area contributed by atoms with E-state index in [1.54, 1.807) is 4.90 Å². The van der Waals surface area contributed by atoms with Crippen LogP contribution in [0.25, 0.3) is 0 Å². The number of carbonyl (C=O) groups is 1. The highest BCUT2D eigenvalue weighted by Crippen LogP contribution is 2.13. The molecule has 19 heavy (non-hydrogen) atoms. The molecule has 106 valence electrons. The van der Waals surface area contributed by atoms with E-state index in [0.717, 1.165) is 18.5 Å². The number of nitrogens with zero attached hydrogens (tertiary/aromatic N) is 2. The Morgan fingerprint density at radius 2 is 1.79 bits per heavy atom. The zero-order valence-electron chi connectivity index (χ0n) is 12.4. The lowest BCUT2D eigenvalue weighted by Crippen LogP contribution is -2.35. The third-order valence-electron chi connectivity index (χ3n) is 3.00. The minimum atomic E-state index is 0.130. The number of anilines is 1. The molecule has 0 saturated heterocycles. The van der Waals surface area contributed by atoms with Crippen LogP contribution in [0.3, 0.4) is 0 Å². The first-order chi connectivity index (χ1) is 9.04. The second-order valence-corrected chi connectivity index (χ2v) is 4.99. The zero-order chi connectivity index (χ0) is 14.3. The first-order valence-electron chi connectivity index (χ1n) is 6.75. The Hall–Kier alpha value is -1.55. The van der Waals surface area contributed by atoms with Gasteiger partial charge >= 0.3 is 0 Å². The third-order valence-corrected chi connectivity index (χ3v) is 3.00. The average molecular weight is 263 g/mol. The fourth-order valence-electron chi connectivity index (χ4n) is 1.77. The van der Waals surface area contributed by atoms with E-state index in [1.807, 2.05) is 21.1 Å². The van der Waals surface area contributed by atoms with Crippen molar-refractivity contribution in [3.8, 4) is 0 Å². The lowest BCUT2D eigenvalue weighted by Gasteiger charge is -2.18. The number of hydrogen-bond donors (Lipinski definition) is 1. The summed E-state index contributed by atoms with van der Waals surface area (Å²) in [5, 5.41) is 3.13. The number of rotatable bonds is 7. The summed E-state index contributed by atoms with van der Waals surface area (Å²) in [4.78, 5) is 15.7. The number of amides is 1. The summed E-state index contributed by atoms with van der Waals surface area (Å²) in [5.41, 5.74) is 2.32. The summed E-state index contributed by atoms with van der Waals surface area (Å²) in [6, 6.07) is 8.28. The molecule has 1 amide bonds. The highest BCUT2D eigenvalue weighted by molar-refractivity contribution is 5.77. The van der Waals surface area contributed by atoms with Gasteiger partial charge in [-0.2, -0.15) is 0 Å². The lowest BCUT2D eigenvalue weighted by atomic mass is 10.2. The first-order valence-corrected chi connectivity index (χ1v) is 6.75. The van der Waals surface area contributed by atoms with Gasteiger partial charge in [0.25, 0.3) is 0 Å². The number of likely N-dealkylation sites (N-methyl/N-ethyl adjacent to an activating group) is 1. The molecule has 0 atom stereocenters. The maximum atomic E-state index is 11.9. The number of hydrogen-bond acceptors (Lipinski definition) is 3. The normalized spacial score (nSPS) is 10.3. The van der Waals surface area contributed by atoms with Crippen LogP contribution in [0.5, 0.6) is 0 Å². The van der Waals surface area contributed by atoms with Crippen molar-refractivity contribution in [1.29, 1.82) is 0 Å². The van der Waals surface area contributed by atoms with Crippen LogP contribution in [0.4, 0.5) is 5.69 Å². The summed E-state index contributed by atoms with van der Waals surface area (Å²) in [6.07, 6.45) is 1.04. The van der Waals surface area contributed by atoms with Gasteiger partial charge in [0.2, 0.25) is 5.91 Å². The molecule has 1 aromatic carbocycles. The largest absolute Gasteiger partial charge is 0.378 e. The van der Waals surface area contributed by atoms with Crippen LogP contribution in [0, 0.1) is 0 Å². The van der Waals surface area contributed by atoms with Crippen molar-refractivity contribution in [2.45, 2.75) is 19.9 Å². The Morgan fingerprint density at radius 1 is 1.16 bits per heavy atom. The molecule has 1 rings (SSSR count). The molecular formula is C15H25N3O. The van der Waals surface area contributed by atoms with Gasteiger partial charge in [0.1, 0.15) is 0 Å². The van der Waals surface area contributed by atoms with Gasteiger partial charge in [0.15, 0.2) is 0 Å². The van der Waals surface area contributed by atoms with E-state index < -0.39 is 0 Å². The predicted molar refractivity (Wildman–Crippen MR) is 80.4 cm³/mol. The Balaban J connectivity index is 2.47. The van der Waals surface area contributed by atoms with Crippen LogP contribution < -0.4 is 10.2 Å². The molecule has 4 nitrogen and oxygen atoms in total. The molecule has 0 bridgehead atoms. The number of carbonyl (C=O) groups excluding carboxylic acids is 1. The van der Waals surface area contributed by atoms with E-state index in [4.69, 9.17) is 0 Å². The van der Waals surface area contributed by atoms with Crippen LogP contribution in [-0.4, -0.2) is 45.0 Å². The van der Waals surface area contributed by atoms with Crippen molar-refractivity contribution >= 4 is 11.6 Å². The number of nitrogens with one attached hydrogen (secondary N) is 1. The Morgan fingerprint density at radius 3 is 2.32 bits per heavy atom. The Kier molecular flexibility index (Phi) is 6.36. The molecule has 0 heterocycles. The maximum Gasteiger partial charge on any atom is 0.236 e. The highest BCUT2D eigenvalue weighted by atomic mass is 16.2. The van der Waals surface area contributed by atoms with Crippen LogP contribution in [0.1, 0.15) is 18.9 Å². The monoisotopic (exact) mass is 263 g/mol. The zero-order valence-corrected chi connectivity index (χ0v) is 12.4. The van der Waals surface area contributed by atoms with E-state index in [9.17, 15) is 4.79 Å². The average Bonchev–Trinajstić information content (AvgIpc) is 2.39. The molecule has 0 radical (unpaired) electrons. The summed E-state index contributed by atoms with van der Waals surface area (Å²) >= 11 is 0. The van der Waals surface area contributed by atoms with Gasteiger partial charge in [0.05, 0.1) is 6.54 Å². The van der Waals surface area contributed by atoms with Gasteiger partial charge in [0, 0.05) is 33.4 Å². The van der Waals surface area contributed by atoms with E-state index in [0.29, 0.717) is 13.1 Å². The first kappa shape index (κ1) is 15.5. The van der Waals surface area contributed by atoms with Crippen LogP contribution >= 0.6 is 0 Å². The van der Waals surface area contributed by atoms with E-state index in [2.05, 4.69) is 41.4 Å². The topological polar surface area (TPSA) is 35.6 Å². The second kappa shape index (κ2) is 7.79. The van der Waals surface area contributed by atoms with Gasteiger partial charge in [-0.05, 0) is 30.7 Å². The van der Waals surface area contributed by atoms with Crippen LogP contribution in [0.2, 0.25) is 0 Å². The van der Waals surface area contributed by atoms with Crippen molar-refractivity contribution in [3.05, 3.63) is 29.8 Å². The maximum absolute atomic E-state index is 11.9. The smallest absolute Gasteiger partial charge is 0.236 e. The number of benzene rings is 1. The van der Waals surface area contributed by atoms with Crippen molar-refractivity contribution in [2.75, 3.05) is 39.1 Å². The fourth-order valence-corrected chi connectivity index (χ4v) is 1.77. The van der Waals surface area contributed by atoms with Gasteiger partial charge in [-0.1, -0.05) is 19.1 Å². The van der Waals surface area contributed by atoms with Gasteiger partial charge < -0.3 is 15.1 Å². The molecule has 0 aliphatic rings. The standard InChI is InChI=1S/C15H25N3O/c1-5-10-16-11-15(19)18(4)12-13-6-8-14(9-7-13)17(2)3/h6-9,16H,5,10-12H2,1-4H3. The molecule has 0 fully saturated rings. The molecule has 0 spiro atoms. The van der Waals surface area contributed by atoms with E-state index in [-0.39, 0.29) is 5.91 Å². The summed E-state index contributed by atoms with van der Waals surface area (Å²) in [7, 11) is 5.88. The SMILES string of the molecule is CCCNCC(=O)N(C)Cc1ccc(N(C)C)cc1. The summed E-state index contributed by atoms with van der Waals surface area (Å²) in [6.45, 7) is 4.05. The van der Waals surface area contributed by atoms with Crippen molar-refractivity contribution in [1.82, 2.24) is 10.2 Å². The molecule has 0 aliphatic carbocycles. The minimum Gasteiger partial charge on any atom is -0.378 e. The van der Waals surface area contributed by atoms with Crippen LogP contribution in [-0.2, 0) is 11.3 Å². The third kappa shape index (κ3) is 5.30. The lowest BCUT2D eigenvalue weighted by molar-refractivity contribution is -0.129. The quantitative estimate of drug-likeness (QED) is 0.761. The molecular weight excluding hydrogens is 238 g/mol. The van der Waals surface area contributed by atoms with Gasteiger partial charge in [-0.15, -0.1) is 0 Å². The summed E-state index contributed by atoms with van der Waals surface area (Å²) < 4.78 is 0. The molecule has 0 aliphatic heterocycles. The molecule has 1 N–H and O–H groups in total. The Bertz CT molecular complexity index is 387. The molecule has 1 aromatic rings. The fraction of sp³-hybridized carbons (Fsp3) is 0.533. The van der Waals surface area contributed by atoms with E-state index in [1.165, 1.54) is 5.69 Å². The van der Waals surface area contributed by atoms with Crippen molar-refractivity contribution < 1.29 is 4.79 Å². The second-order valence-electron chi connectivity index (χ2n) is 4.99. The highest BCUT2D eigenvalue weighted by Gasteiger charge is 2.08. The molecule has 0 saturated carbocycles. The van der Waals surface area contributed by atoms with E-state index >= 15 is 0 Å². The Labute approximate surface area is 116 Å². The molecule has 0 unspecified atom stereocenters. The predicted octanol–water partition coefficient (Wildman–Crippen LogP) is 1.71. The van der Waals surface area contributed by atoms with Crippen molar-refractivity contribution in [2.24, 2.45) is 0 Å². The summed E-state index contributed by atoms with van der Waals surface area (Å²) in [5.74, 6) is 0.130. The molecule has 4 heteroatoms. The minimum absolute atomic E-state index is 0.130. The van der Waals surface area contributed by atoms with Gasteiger partial charge in [-0.25, -0.2) is 0 Å². The molecule has 0 aromatic heterocycles.